The van der Waals surface area contributed by atoms with E-state index in [1.165, 1.54) is 4.90 Å². The van der Waals surface area contributed by atoms with Crippen LogP contribution >= 0.6 is 11.6 Å². The molecule has 0 aliphatic carbocycles. The molecule has 1 aromatic carbocycles. The molecule has 2 heterocycles. The fourth-order valence-corrected chi connectivity index (χ4v) is 3.46. The zero-order chi connectivity index (χ0) is 18.5. The number of anilines is 1. The van der Waals surface area contributed by atoms with Gasteiger partial charge >= 0.3 is 6.03 Å². The largest absolute Gasteiger partial charge is 0.354 e. The Hall–Kier alpha value is -2.28. The number of halogens is 1. The van der Waals surface area contributed by atoms with Crippen LogP contribution < -0.4 is 10.2 Å². The van der Waals surface area contributed by atoms with Crippen LogP contribution in [0.25, 0.3) is 0 Å². The summed E-state index contributed by atoms with van der Waals surface area (Å²) in [5, 5.41) is 3.39. The maximum atomic E-state index is 12.5. The number of hydrogen-bond donors (Lipinski definition) is 1. The summed E-state index contributed by atoms with van der Waals surface area (Å²) in [7, 11) is 0. The van der Waals surface area contributed by atoms with Crippen molar-refractivity contribution in [2.75, 3.05) is 44.2 Å². The first-order valence-corrected chi connectivity index (χ1v) is 9.29. The van der Waals surface area contributed by atoms with Crippen molar-refractivity contribution in [1.82, 2.24) is 15.1 Å². The van der Waals surface area contributed by atoms with E-state index in [1.807, 2.05) is 11.0 Å². The van der Waals surface area contributed by atoms with Gasteiger partial charge in [0, 0.05) is 49.9 Å². The lowest BCUT2D eigenvalue weighted by atomic mass is 10.3. The van der Waals surface area contributed by atoms with Gasteiger partial charge in [-0.15, -0.1) is 0 Å². The molecular weight excluding hydrogens is 356 g/mol. The van der Waals surface area contributed by atoms with Gasteiger partial charge in [-0.2, -0.15) is 0 Å². The number of hydrogen-bond acceptors (Lipinski definition) is 3. The van der Waals surface area contributed by atoms with Crippen LogP contribution in [0.1, 0.15) is 19.3 Å². The number of benzene rings is 1. The zero-order valence-electron chi connectivity index (χ0n) is 14.6. The minimum Gasteiger partial charge on any atom is -0.354 e. The molecular formula is C18H23ClN4O3. The second-order valence-electron chi connectivity index (χ2n) is 6.52. The van der Waals surface area contributed by atoms with Gasteiger partial charge in [0.25, 0.3) is 0 Å². The van der Waals surface area contributed by atoms with Crippen molar-refractivity contribution in [3.63, 3.8) is 0 Å². The highest BCUT2D eigenvalue weighted by molar-refractivity contribution is 6.30. The lowest BCUT2D eigenvalue weighted by Crippen LogP contribution is -2.40. The lowest BCUT2D eigenvalue weighted by Gasteiger charge is -2.19. The van der Waals surface area contributed by atoms with Crippen molar-refractivity contribution in [2.45, 2.75) is 19.3 Å². The molecule has 0 spiro atoms. The third kappa shape index (κ3) is 4.46. The molecule has 7 nitrogen and oxygen atoms in total. The Bertz CT molecular complexity index is 697. The van der Waals surface area contributed by atoms with Crippen molar-refractivity contribution in [1.29, 1.82) is 0 Å². The first-order valence-electron chi connectivity index (χ1n) is 8.91. The van der Waals surface area contributed by atoms with Crippen LogP contribution in [0.5, 0.6) is 0 Å². The SMILES string of the molecule is O=C(CN1CCN(c2cccc(Cl)c2)C1=O)NCCCN1CCCC1=O. The Morgan fingerprint density at radius 2 is 2.00 bits per heavy atom. The van der Waals surface area contributed by atoms with E-state index in [4.69, 9.17) is 11.6 Å². The average molecular weight is 379 g/mol. The molecule has 4 amide bonds. The van der Waals surface area contributed by atoms with Gasteiger partial charge in [0.05, 0.1) is 0 Å². The maximum Gasteiger partial charge on any atom is 0.325 e. The smallest absolute Gasteiger partial charge is 0.325 e. The second-order valence-corrected chi connectivity index (χ2v) is 6.96. The Balaban J connectivity index is 1.40. The summed E-state index contributed by atoms with van der Waals surface area (Å²) in [6.07, 6.45) is 2.28. The van der Waals surface area contributed by atoms with Gasteiger partial charge in [-0.1, -0.05) is 17.7 Å². The molecule has 2 fully saturated rings. The fourth-order valence-electron chi connectivity index (χ4n) is 3.28. The summed E-state index contributed by atoms with van der Waals surface area (Å²) in [6.45, 7) is 3.06. The van der Waals surface area contributed by atoms with E-state index >= 15 is 0 Å². The minimum atomic E-state index is -0.190. The van der Waals surface area contributed by atoms with E-state index in [0.717, 1.165) is 25.1 Å². The van der Waals surface area contributed by atoms with Crippen LogP contribution in [0.3, 0.4) is 0 Å². The van der Waals surface area contributed by atoms with Crippen molar-refractivity contribution < 1.29 is 14.4 Å². The molecule has 8 heteroatoms. The van der Waals surface area contributed by atoms with Gasteiger partial charge in [0.15, 0.2) is 0 Å². The molecule has 0 aromatic heterocycles. The Morgan fingerprint density at radius 3 is 2.73 bits per heavy atom. The van der Waals surface area contributed by atoms with Gasteiger partial charge in [0.1, 0.15) is 6.54 Å². The van der Waals surface area contributed by atoms with Crippen LogP contribution in [0.15, 0.2) is 24.3 Å². The Morgan fingerprint density at radius 1 is 1.15 bits per heavy atom. The van der Waals surface area contributed by atoms with E-state index in [2.05, 4.69) is 5.32 Å². The Kier molecular flexibility index (Phi) is 5.98. The number of nitrogens with zero attached hydrogens (tertiary/aromatic N) is 3. The zero-order valence-corrected chi connectivity index (χ0v) is 15.4. The molecule has 0 radical (unpaired) electrons. The van der Waals surface area contributed by atoms with Gasteiger partial charge in [-0.25, -0.2) is 4.79 Å². The number of amides is 4. The summed E-state index contributed by atoms with van der Waals surface area (Å²) in [6, 6.07) is 6.93. The molecule has 2 aliphatic rings. The summed E-state index contributed by atoms with van der Waals surface area (Å²) >= 11 is 5.98. The molecule has 1 aromatic rings. The second kappa shape index (κ2) is 8.40. The van der Waals surface area contributed by atoms with E-state index in [9.17, 15) is 14.4 Å². The molecule has 2 aliphatic heterocycles. The molecule has 0 saturated carbocycles. The predicted octanol–water partition coefficient (Wildman–Crippen LogP) is 1.71. The maximum absolute atomic E-state index is 12.5. The van der Waals surface area contributed by atoms with Crippen molar-refractivity contribution in [3.8, 4) is 0 Å². The normalized spacial score (nSPS) is 17.3. The minimum absolute atomic E-state index is 0.0402. The summed E-state index contributed by atoms with van der Waals surface area (Å²) < 4.78 is 0. The number of urea groups is 1. The standard InChI is InChI=1S/C18H23ClN4O3/c19-14-4-1-5-15(12-14)23-11-10-22(18(23)26)13-16(24)20-7-3-9-21-8-2-6-17(21)25/h1,4-5,12H,2-3,6-11,13H2,(H,20,24). The van der Waals surface area contributed by atoms with Crippen LogP contribution in [-0.2, 0) is 9.59 Å². The monoisotopic (exact) mass is 378 g/mol. The van der Waals surface area contributed by atoms with Crippen LogP contribution in [-0.4, -0.2) is 66.9 Å². The number of likely N-dealkylation sites (tertiary alicyclic amines) is 1. The number of carbonyl (C=O) groups is 3. The summed E-state index contributed by atoms with van der Waals surface area (Å²) in [4.78, 5) is 41.1. The third-order valence-electron chi connectivity index (χ3n) is 4.65. The highest BCUT2D eigenvalue weighted by Crippen LogP contribution is 2.23. The van der Waals surface area contributed by atoms with Crippen LogP contribution in [0.2, 0.25) is 5.02 Å². The predicted molar refractivity (Wildman–Crippen MR) is 99.2 cm³/mol. The molecule has 1 N–H and O–H groups in total. The van der Waals surface area contributed by atoms with Crippen LogP contribution in [0, 0.1) is 0 Å². The molecule has 0 unspecified atom stereocenters. The molecule has 0 bridgehead atoms. The fraction of sp³-hybridized carbons (Fsp3) is 0.500. The first-order chi connectivity index (χ1) is 12.5. The number of nitrogens with one attached hydrogen (secondary N) is 1. The van der Waals surface area contributed by atoms with Crippen molar-refractivity contribution >= 4 is 35.1 Å². The van der Waals surface area contributed by atoms with Gasteiger partial charge in [-0.3, -0.25) is 14.5 Å². The average Bonchev–Trinajstić information content (AvgIpc) is 3.18. The Labute approximate surface area is 157 Å². The van der Waals surface area contributed by atoms with Crippen molar-refractivity contribution in [2.24, 2.45) is 0 Å². The third-order valence-corrected chi connectivity index (χ3v) is 4.88. The van der Waals surface area contributed by atoms with Gasteiger partial charge in [0.2, 0.25) is 11.8 Å². The van der Waals surface area contributed by atoms with Crippen LogP contribution in [0.4, 0.5) is 10.5 Å². The lowest BCUT2D eigenvalue weighted by molar-refractivity contribution is -0.127. The molecule has 3 rings (SSSR count). The topological polar surface area (TPSA) is 73.0 Å². The quantitative estimate of drug-likeness (QED) is 0.734. The molecule has 140 valence electrons. The van der Waals surface area contributed by atoms with Gasteiger partial charge < -0.3 is 15.1 Å². The summed E-state index contributed by atoms with van der Waals surface area (Å²) in [5.74, 6) is 0.0131. The highest BCUT2D eigenvalue weighted by Gasteiger charge is 2.30. The number of carbonyl (C=O) groups excluding carboxylic acids is 3. The van der Waals surface area contributed by atoms with E-state index in [0.29, 0.717) is 37.6 Å². The first kappa shape index (κ1) is 18.5. The highest BCUT2D eigenvalue weighted by atomic mass is 35.5. The molecule has 26 heavy (non-hydrogen) atoms. The number of rotatable bonds is 7. The van der Waals surface area contributed by atoms with E-state index in [1.54, 1.807) is 23.1 Å². The van der Waals surface area contributed by atoms with Gasteiger partial charge in [-0.05, 0) is 31.0 Å². The summed E-state index contributed by atoms with van der Waals surface area (Å²) in [5.41, 5.74) is 0.737. The molecule has 0 atom stereocenters. The van der Waals surface area contributed by atoms with Crippen molar-refractivity contribution in [3.05, 3.63) is 29.3 Å². The van der Waals surface area contributed by atoms with E-state index in [-0.39, 0.29) is 24.4 Å². The van der Waals surface area contributed by atoms with E-state index < -0.39 is 0 Å². The molecule has 2 saturated heterocycles.